The maximum Gasteiger partial charge on any atom is 0.265 e. The molecule has 8 nitrogen and oxygen atoms in total. The smallest absolute Gasteiger partial charge is 0.265 e. The summed E-state index contributed by atoms with van der Waals surface area (Å²) in [7, 11) is -3.70. The van der Waals surface area contributed by atoms with Crippen LogP contribution in [0.25, 0.3) is 0 Å². The standard InChI is InChI=1S/C16H20N4O4S/c1-2-20-12-15(11-17-20)25(22,23)18-14-5-3-13(4-6-14)16(21)19-7-9-24-10-8-19/h3-6,11-12,18H,2,7-10H2,1H3. The Kier molecular flexibility index (Phi) is 5.05. The maximum atomic E-state index is 12.4. The summed E-state index contributed by atoms with van der Waals surface area (Å²) in [4.78, 5) is 14.2. The Hall–Kier alpha value is -2.39. The van der Waals surface area contributed by atoms with Crippen molar-refractivity contribution >= 4 is 21.6 Å². The van der Waals surface area contributed by atoms with Gasteiger partial charge < -0.3 is 9.64 Å². The number of hydrogen-bond donors (Lipinski definition) is 1. The van der Waals surface area contributed by atoms with Gasteiger partial charge in [0.15, 0.2) is 0 Å². The molecule has 1 aliphatic rings. The fourth-order valence-corrected chi connectivity index (χ4v) is 3.51. The van der Waals surface area contributed by atoms with Crippen molar-refractivity contribution in [3.8, 4) is 0 Å². The van der Waals surface area contributed by atoms with Crippen molar-refractivity contribution in [2.75, 3.05) is 31.0 Å². The van der Waals surface area contributed by atoms with Crippen molar-refractivity contribution < 1.29 is 17.9 Å². The zero-order valence-corrected chi connectivity index (χ0v) is 14.7. The van der Waals surface area contributed by atoms with E-state index in [4.69, 9.17) is 4.74 Å². The third kappa shape index (κ3) is 3.99. The maximum absolute atomic E-state index is 12.4. The number of amides is 1. The molecular weight excluding hydrogens is 344 g/mol. The molecule has 25 heavy (non-hydrogen) atoms. The predicted molar refractivity (Wildman–Crippen MR) is 91.9 cm³/mol. The molecule has 9 heteroatoms. The average molecular weight is 364 g/mol. The van der Waals surface area contributed by atoms with Crippen LogP contribution in [-0.4, -0.2) is 55.3 Å². The monoisotopic (exact) mass is 364 g/mol. The van der Waals surface area contributed by atoms with Gasteiger partial charge >= 0.3 is 0 Å². The van der Waals surface area contributed by atoms with E-state index in [-0.39, 0.29) is 10.8 Å². The van der Waals surface area contributed by atoms with E-state index in [0.29, 0.717) is 44.1 Å². The molecule has 0 spiro atoms. The number of rotatable bonds is 5. The van der Waals surface area contributed by atoms with E-state index >= 15 is 0 Å². The van der Waals surface area contributed by atoms with Gasteiger partial charge in [0.05, 0.1) is 19.4 Å². The van der Waals surface area contributed by atoms with E-state index in [1.54, 1.807) is 33.8 Å². The summed E-state index contributed by atoms with van der Waals surface area (Å²) >= 11 is 0. The van der Waals surface area contributed by atoms with Crippen molar-refractivity contribution in [1.29, 1.82) is 0 Å². The second-order valence-corrected chi connectivity index (χ2v) is 7.30. The molecule has 0 unspecified atom stereocenters. The number of carbonyl (C=O) groups excluding carboxylic acids is 1. The third-order valence-corrected chi connectivity index (χ3v) is 5.26. The first-order valence-corrected chi connectivity index (χ1v) is 9.50. The van der Waals surface area contributed by atoms with Gasteiger partial charge in [-0.1, -0.05) is 0 Å². The van der Waals surface area contributed by atoms with Crippen LogP contribution in [0.3, 0.4) is 0 Å². The normalized spacial score (nSPS) is 15.2. The van der Waals surface area contributed by atoms with Gasteiger partial charge in [0, 0.05) is 37.1 Å². The summed E-state index contributed by atoms with van der Waals surface area (Å²) in [6.45, 7) is 4.67. The van der Waals surface area contributed by atoms with E-state index in [2.05, 4.69) is 9.82 Å². The molecule has 0 atom stereocenters. The van der Waals surface area contributed by atoms with Crippen molar-refractivity contribution in [2.24, 2.45) is 0 Å². The number of sulfonamides is 1. The summed E-state index contributed by atoms with van der Waals surface area (Å²) in [5.74, 6) is -0.0815. The quantitative estimate of drug-likeness (QED) is 0.860. The number of nitrogens with zero attached hydrogens (tertiary/aromatic N) is 3. The Bertz CT molecular complexity index is 839. The lowest BCUT2D eigenvalue weighted by Gasteiger charge is -2.26. The fraction of sp³-hybridized carbons (Fsp3) is 0.375. The Labute approximate surface area is 146 Å². The molecule has 0 saturated carbocycles. The Balaban J connectivity index is 1.70. The van der Waals surface area contributed by atoms with E-state index < -0.39 is 10.0 Å². The minimum atomic E-state index is -3.70. The summed E-state index contributed by atoms with van der Waals surface area (Å²) in [5.41, 5.74) is 0.909. The van der Waals surface area contributed by atoms with Crippen LogP contribution in [0.4, 0.5) is 5.69 Å². The number of carbonyl (C=O) groups is 1. The molecule has 2 aromatic rings. The topological polar surface area (TPSA) is 93.5 Å². The van der Waals surface area contributed by atoms with E-state index in [9.17, 15) is 13.2 Å². The van der Waals surface area contributed by atoms with Crippen molar-refractivity contribution in [1.82, 2.24) is 14.7 Å². The lowest BCUT2D eigenvalue weighted by atomic mass is 10.2. The van der Waals surface area contributed by atoms with E-state index in [0.717, 1.165) is 0 Å². The summed E-state index contributed by atoms with van der Waals surface area (Å²) < 4.78 is 34.0. The number of ether oxygens (including phenoxy) is 1. The SMILES string of the molecule is CCn1cc(S(=O)(=O)Nc2ccc(C(=O)N3CCOCC3)cc2)cn1. The summed E-state index contributed by atoms with van der Waals surface area (Å²) in [6, 6.07) is 6.39. The van der Waals surface area contributed by atoms with Gasteiger partial charge in [-0.05, 0) is 31.2 Å². The fourth-order valence-electron chi connectivity index (χ4n) is 2.50. The van der Waals surface area contributed by atoms with Crippen LogP contribution in [0.15, 0.2) is 41.6 Å². The van der Waals surface area contributed by atoms with Gasteiger partial charge in [-0.25, -0.2) is 8.42 Å². The molecule has 134 valence electrons. The van der Waals surface area contributed by atoms with Crippen molar-refractivity contribution in [3.63, 3.8) is 0 Å². The van der Waals surface area contributed by atoms with Gasteiger partial charge in [0.1, 0.15) is 4.90 Å². The lowest BCUT2D eigenvalue weighted by molar-refractivity contribution is 0.0303. The van der Waals surface area contributed by atoms with Gasteiger partial charge in [-0.15, -0.1) is 0 Å². The minimum Gasteiger partial charge on any atom is -0.378 e. The lowest BCUT2D eigenvalue weighted by Crippen LogP contribution is -2.40. The number of anilines is 1. The molecule has 1 saturated heterocycles. The molecular formula is C16H20N4O4S. The highest BCUT2D eigenvalue weighted by Crippen LogP contribution is 2.17. The van der Waals surface area contributed by atoms with Gasteiger partial charge in [-0.2, -0.15) is 5.10 Å². The zero-order valence-electron chi connectivity index (χ0n) is 13.9. The second-order valence-electron chi connectivity index (χ2n) is 5.62. The molecule has 1 aromatic heterocycles. The van der Waals surface area contributed by atoms with Crippen LogP contribution < -0.4 is 4.72 Å². The van der Waals surface area contributed by atoms with Crippen LogP contribution in [0, 0.1) is 0 Å². The molecule has 0 radical (unpaired) electrons. The molecule has 0 aliphatic carbocycles. The van der Waals surface area contributed by atoms with Crippen LogP contribution in [0.5, 0.6) is 0 Å². The molecule has 2 heterocycles. The molecule has 1 fully saturated rings. The van der Waals surface area contributed by atoms with Crippen LogP contribution in [0.1, 0.15) is 17.3 Å². The van der Waals surface area contributed by atoms with Crippen LogP contribution >= 0.6 is 0 Å². The van der Waals surface area contributed by atoms with E-state index in [1.165, 1.54) is 12.4 Å². The van der Waals surface area contributed by atoms with Crippen LogP contribution in [0.2, 0.25) is 0 Å². The average Bonchev–Trinajstić information content (AvgIpc) is 3.12. The van der Waals surface area contributed by atoms with Crippen molar-refractivity contribution in [3.05, 3.63) is 42.2 Å². The number of aromatic nitrogens is 2. The van der Waals surface area contributed by atoms with Gasteiger partial charge in [0.2, 0.25) is 0 Å². The first-order valence-electron chi connectivity index (χ1n) is 8.02. The number of hydrogen-bond acceptors (Lipinski definition) is 5. The second kappa shape index (κ2) is 7.24. The number of aryl methyl sites for hydroxylation is 1. The number of benzene rings is 1. The molecule has 1 N–H and O–H groups in total. The summed E-state index contributed by atoms with van der Waals surface area (Å²) in [6.07, 6.45) is 2.78. The highest BCUT2D eigenvalue weighted by molar-refractivity contribution is 7.92. The van der Waals surface area contributed by atoms with E-state index in [1.807, 2.05) is 6.92 Å². The highest BCUT2D eigenvalue weighted by atomic mass is 32.2. The molecule has 1 amide bonds. The number of morpholine rings is 1. The largest absolute Gasteiger partial charge is 0.378 e. The minimum absolute atomic E-state index is 0.0815. The third-order valence-electron chi connectivity index (χ3n) is 3.93. The first-order chi connectivity index (χ1) is 12.0. The number of nitrogens with one attached hydrogen (secondary N) is 1. The molecule has 3 rings (SSSR count). The highest BCUT2D eigenvalue weighted by Gasteiger charge is 2.19. The predicted octanol–water partition coefficient (Wildman–Crippen LogP) is 1.18. The Morgan fingerprint density at radius 1 is 1.24 bits per heavy atom. The molecule has 1 aromatic carbocycles. The van der Waals surface area contributed by atoms with Crippen molar-refractivity contribution in [2.45, 2.75) is 18.4 Å². The summed E-state index contributed by atoms with van der Waals surface area (Å²) in [5, 5.41) is 3.97. The molecule has 0 bridgehead atoms. The Morgan fingerprint density at radius 2 is 1.92 bits per heavy atom. The zero-order chi connectivity index (χ0) is 17.9. The Morgan fingerprint density at radius 3 is 2.52 bits per heavy atom. The van der Waals surface area contributed by atoms with Gasteiger partial charge in [-0.3, -0.25) is 14.2 Å². The molecule has 1 aliphatic heterocycles. The first kappa shape index (κ1) is 17.4. The van der Waals surface area contributed by atoms with Gasteiger partial charge in [0.25, 0.3) is 15.9 Å². The van der Waals surface area contributed by atoms with Crippen LogP contribution in [-0.2, 0) is 21.3 Å².